The zero-order valence-electron chi connectivity index (χ0n) is 12.4. The summed E-state index contributed by atoms with van der Waals surface area (Å²) in [5, 5.41) is 10.1. The van der Waals surface area contributed by atoms with Gasteiger partial charge in [-0.15, -0.1) is 10.2 Å². The van der Waals surface area contributed by atoms with Crippen LogP contribution in [0.15, 0.2) is 63.0 Å². The molecule has 4 rings (SSSR count). The average molecular weight is 323 g/mol. The number of thioether (sulfide) groups is 1. The van der Waals surface area contributed by atoms with E-state index in [9.17, 15) is 4.79 Å². The monoisotopic (exact) mass is 323 g/mol. The fraction of sp³-hybridized carbons (Fsp3) is 0.118. The molecule has 0 atom stereocenters. The molecule has 0 radical (unpaired) electrons. The fourth-order valence-corrected chi connectivity index (χ4v) is 3.43. The number of hydrogen-bond donors (Lipinski definition) is 0. The highest BCUT2D eigenvalue weighted by Crippen LogP contribution is 2.26. The minimum atomic E-state index is -0.329. The third kappa shape index (κ3) is 2.61. The topological polar surface area (TPSA) is 60.4 Å². The summed E-state index contributed by atoms with van der Waals surface area (Å²) in [7, 11) is 0. The molecule has 0 aliphatic rings. The van der Waals surface area contributed by atoms with Crippen LogP contribution in [0.25, 0.3) is 16.6 Å². The maximum absolute atomic E-state index is 11.8. The first-order chi connectivity index (χ1) is 11.2. The van der Waals surface area contributed by atoms with Gasteiger partial charge >= 0.3 is 5.63 Å². The smallest absolute Gasteiger partial charge is 0.336 e. The molecule has 5 nitrogen and oxygen atoms in total. The lowest BCUT2D eigenvalue weighted by atomic mass is 10.1. The Morgan fingerprint density at radius 3 is 3.00 bits per heavy atom. The van der Waals surface area contributed by atoms with Crippen molar-refractivity contribution in [3.05, 3.63) is 70.2 Å². The third-order valence-corrected chi connectivity index (χ3v) is 4.62. The second kappa shape index (κ2) is 5.55. The Kier molecular flexibility index (Phi) is 3.38. The van der Waals surface area contributed by atoms with Gasteiger partial charge in [-0.2, -0.15) is 0 Å². The molecular formula is C17H13N3O2S. The number of rotatable bonds is 3. The fourth-order valence-electron chi connectivity index (χ4n) is 2.52. The zero-order chi connectivity index (χ0) is 15.8. The van der Waals surface area contributed by atoms with Gasteiger partial charge in [-0.05, 0) is 36.2 Å². The van der Waals surface area contributed by atoms with Gasteiger partial charge in [-0.1, -0.05) is 30.0 Å². The number of aryl methyl sites for hydroxylation is 1. The normalized spacial score (nSPS) is 11.3. The van der Waals surface area contributed by atoms with Crippen molar-refractivity contribution in [2.24, 2.45) is 0 Å². The van der Waals surface area contributed by atoms with Crippen LogP contribution in [0.1, 0.15) is 11.1 Å². The van der Waals surface area contributed by atoms with Crippen LogP contribution in [0, 0.1) is 6.92 Å². The lowest BCUT2D eigenvalue weighted by Gasteiger charge is -2.05. The van der Waals surface area contributed by atoms with Crippen molar-refractivity contribution in [1.29, 1.82) is 0 Å². The summed E-state index contributed by atoms with van der Waals surface area (Å²) in [6.07, 6.45) is 1.93. The van der Waals surface area contributed by atoms with E-state index in [1.54, 1.807) is 17.8 Å². The Morgan fingerprint density at radius 1 is 1.17 bits per heavy atom. The number of nitrogens with zero attached hydrogens (tertiary/aromatic N) is 3. The minimum absolute atomic E-state index is 0.329. The summed E-state index contributed by atoms with van der Waals surface area (Å²) in [5.41, 5.74) is 3.11. The maximum atomic E-state index is 11.8. The molecule has 3 heterocycles. The van der Waals surface area contributed by atoms with Gasteiger partial charge in [0.25, 0.3) is 0 Å². The van der Waals surface area contributed by atoms with Gasteiger partial charge in [-0.3, -0.25) is 4.40 Å². The van der Waals surface area contributed by atoms with Crippen LogP contribution in [-0.2, 0) is 5.75 Å². The Hall–Kier alpha value is -2.60. The van der Waals surface area contributed by atoms with Gasteiger partial charge in [0, 0.05) is 23.4 Å². The van der Waals surface area contributed by atoms with Crippen molar-refractivity contribution < 1.29 is 4.42 Å². The lowest BCUT2D eigenvalue weighted by Crippen LogP contribution is -2.00. The van der Waals surface area contributed by atoms with E-state index >= 15 is 0 Å². The van der Waals surface area contributed by atoms with Gasteiger partial charge in [-0.25, -0.2) is 4.79 Å². The Morgan fingerprint density at radius 2 is 2.09 bits per heavy atom. The molecule has 0 N–H and O–H groups in total. The van der Waals surface area contributed by atoms with Crippen molar-refractivity contribution >= 4 is 28.4 Å². The van der Waals surface area contributed by atoms with Crippen molar-refractivity contribution in [3.63, 3.8) is 0 Å². The van der Waals surface area contributed by atoms with Gasteiger partial charge in [0.05, 0.1) is 0 Å². The van der Waals surface area contributed by atoms with Crippen LogP contribution >= 0.6 is 11.8 Å². The number of fused-ring (bicyclic) bond motifs is 2. The summed E-state index contributed by atoms with van der Waals surface area (Å²) in [5.74, 6) is 0.626. The predicted molar refractivity (Wildman–Crippen MR) is 89.8 cm³/mol. The summed E-state index contributed by atoms with van der Waals surface area (Å²) < 4.78 is 7.23. The molecule has 0 saturated heterocycles. The van der Waals surface area contributed by atoms with Gasteiger partial charge < -0.3 is 4.42 Å². The van der Waals surface area contributed by atoms with E-state index in [0.29, 0.717) is 11.3 Å². The van der Waals surface area contributed by atoms with E-state index in [4.69, 9.17) is 4.42 Å². The molecule has 0 aliphatic heterocycles. The molecule has 0 aliphatic carbocycles. The molecule has 0 bridgehead atoms. The Bertz CT molecular complexity index is 1070. The number of pyridine rings is 1. The average Bonchev–Trinajstić information content (AvgIpc) is 2.95. The zero-order valence-corrected chi connectivity index (χ0v) is 13.2. The summed E-state index contributed by atoms with van der Waals surface area (Å²) in [4.78, 5) is 11.8. The largest absolute Gasteiger partial charge is 0.423 e. The maximum Gasteiger partial charge on any atom is 0.336 e. The van der Waals surface area contributed by atoms with Gasteiger partial charge in [0.1, 0.15) is 5.58 Å². The van der Waals surface area contributed by atoms with Gasteiger partial charge in [0.15, 0.2) is 10.8 Å². The first-order valence-corrected chi connectivity index (χ1v) is 8.15. The van der Waals surface area contributed by atoms with Crippen molar-refractivity contribution in [2.75, 3.05) is 0 Å². The van der Waals surface area contributed by atoms with Crippen LogP contribution < -0.4 is 5.63 Å². The van der Waals surface area contributed by atoms with Gasteiger partial charge in [0.2, 0.25) is 0 Å². The van der Waals surface area contributed by atoms with Crippen LogP contribution in [0.5, 0.6) is 0 Å². The number of aromatic nitrogens is 3. The van der Waals surface area contributed by atoms with Crippen molar-refractivity contribution in [2.45, 2.75) is 17.8 Å². The second-order valence-electron chi connectivity index (χ2n) is 5.29. The molecule has 0 spiro atoms. The van der Waals surface area contributed by atoms with E-state index in [1.807, 2.05) is 53.9 Å². The first-order valence-electron chi connectivity index (χ1n) is 7.17. The molecule has 114 valence electrons. The van der Waals surface area contributed by atoms with Crippen LogP contribution in [0.2, 0.25) is 0 Å². The molecule has 0 fully saturated rings. The lowest BCUT2D eigenvalue weighted by molar-refractivity contribution is 0.559. The molecule has 23 heavy (non-hydrogen) atoms. The van der Waals surface area contributed by atoms with Crippen molar-refractivity contribution in [1.82, 2.24) is 14.6 Å². The standard InChI is InChI=1S/C17H13N3O2S/c1-11-5-6-13-12(9-16(21)22-14(13)8-11)10-23-17-19-18-15-4-2-3-7-20(15)17/h2-9H,10H2,1H3. The Labute approximate surface area is 136 Å². The molecule has 6 heteroatoms. The van der Waals surface area contributed by atoms with E-state index in [-0.39, 0.29) is 5.63 Å². The molecule has 0 unspecified atom stereocenters. The molecule has 4 aromatic rings. The number of benzene rings is 1. The Balaban J connectivity index is 1.71. The highest BCUT2D eigenvalue weighted by molar-refractivity contribution is 7.98. The highest BCUT2D eigenvalue weighted by Gasteiger charge is 2.09. The van der Waals surface area contributed by atoms with E-state index in [2.05, 4.69) is 10.2 Å². The molecule has 1 aromatic carbocycles. The summed E-state index contributed by atoms with van der Waals surface area (Å²) in [6.45, 7) is 1.98. The minimum Gasteiger partial charge on any atom is -0.423 e. The van der Waals surface area contributed by atoms with Crippen molar-refractivity contribution in [3.8, 4) is 0 Å². The van der Waals surface area contributed by atoms with E-state index in [0.717, 1.165) is 27.3 Å². The quantitative estimate of drug-likeness (QED) is 0.427. The summed E-state index contributed by atoms with van der Waals surface area (Å²) in [6, 6.07) is 13.2. The molecule has 3 aromatic heterocycles. The highest BCUT2D eigenvalue weighted by atomic mass is 32.2. The third-order valence-electron chi connectivity index (χ3n) is 3.62. The van der Waals surface area contributed by atoms with Crippen LogP contribution in [0.3, 0.4) is 0 Å². The predicted octanol–water partition coefficient (Wildman–Crippen LogP) is 3.44. The number of hydrogen-bond acceptors (Lipinski definition) is 5. The second-order valence-corrected chi connectivity index (χ2v) is 6.23. The molecular weight excluding hydrogens is 310 g/mol. The molecule has 0 saturated carbocycles. The van der Waals surface area contributed by atoms with E-state index < -0.39 is 0 Å². The van der Waals surface area contributed by atoms with Crippen LogP contribution in [0.4, 0.5) is 0 Å². The summed E-state index contributed by atoms with van der Waals surface area (Å²) >= 11 is 1.55. The SMILES string of the molecule is Cc1ccc2c(CSc3nnc4ccccn34)cc(=O)oc2c1. The van der Waals surface area contributed by atoms with Crippen LogP contribution in [-0.4, -0.2) is 14.6 Å². The van der Waals surface area contributed by atoms with E-state index in [1.165, 1.54) is 0 Å². The molecule has 0 amide bonds. The first kappa shape index (κ1) is 14.0.